The monoisotopic (exact) mass is 205 g/mol. The van der Waals surface area contributed by atoms with Crippen molar-refractivity contribution >= 4 is 6.03 Å². The molecule has 4 N–H and O–H groups in total. The van der Waals surface area contributed by atoms with Crippen LogP contribution >= 0.6 is 0 Å². The number of urea groups is 1. The highest BCUT2D eigenvalue weighted by Gasteiger charge is 2.10. The van der Waals surface area contributed by atoms with E-state index in [2.05, 4.69) is 23.5 Å². The third-order valence-electron chi connectivity index (χ3n) is 2.75. The average Bonchev–Trinajstić information content (AvgIpc) is 2.72. The lowest BCUT2D eigenvalue weighted by Crippen LogP contribution is -2.39. The van der Waals surface area contributed by atoms with Crippen LogP contribution in [0.1, 0.15) is 23.1 Å². The second kappa shape index (κ2) is 4.31. The summed E-state index contributed by atoms with van der Waals surface area (Å²) >= 11 is 0. The van der Waals surface area contributed by atoms with E-state index in [9.17, 15) is 4.79 Å². The van der Waals surface area contributed by atoms with Crippen LogP contribution in [0, 0.1) is 0 Å². The molecule has 4 heteroatoms. The van der Waals surface area contributed by atoms with Gasteiger partial charge in [0, 0.05) is 6.54 Å². The Hall–Kier alpha value is -1.55. The van der Waals surface area contributed by atoms with Crippen LogP contribution in [0.4, 0.5) is 4.79 Å². The third kappa shape index (κ3) is 2.27. The Balaban J connectivity index is 2.01. The minimum Gasteiger partial charge on any atom is -0.333 e. The Morgan fingerprint density at radius 3 is 2.93 bits per heavy atom. The Labute approximate surface area is 88.8 Å². The fraction of sp³-hybridized carbons (Fsp3) is 0.364. The van der Waals surface area contributed by atoms with Crippen molar-refractivity contribution in [1.29, 1.82) is 0 Å². The Bertz CT molecular complexity index is 376. The van der Waals surface area contributed by atoms with Gasteiger partial charge in [-0.1, -0.05) is 18.2 Å². The number of hydrogen-bond acceptors (Lipinski definition) is 2. The number of fused-ring (bicyclic) bond motifs is 1. The molecule has 0 bridgehead atoms. The fourth-order valence-electron chi connectivity index (χ4n) is 1.97. The normalized spacial score (nSPS) is 13.4. The van der Waals surface area contributed by atoms with Crippen molar-refractivity contribution in [3.63, 3.8) is 0 Å². The molecular formula is C11H15N3O. The van der Waals surface area contributed by atoms with E-state index >= 15 is 0 Å². The number of hydrazine groups is 1. The third-order valence-corrected chi connectivity index (χ3v) is 2.75. The summed E-state index contributed by atoms with van der Waals surface area (Å²) in [5.41, 5.74) is 6.03. The zero-order chi connectivity index (χ0) is 10.7. The largest absolute Gasteiger partial charge is 0.333 e. The molecule has 1 aliphatic rings. The van der Waals surface area contributed by atoms with Gasteiger partial charge in [0.2, 0.25) is 0 Å². The first kappa shape index (κ1) is 9.98. The molecule has 0 atom stereocenters. The molecule has 0 saturated heterocycles. The molecule has 4 nitrogen and oxygen atoms in total. The first-order valence-corrected chi connectivity index (χ1v) is 5.15. The van der Waals surface area contributed by atoms with Crippen molar-refractivity contribution in [2.75, 3.05) is 0 Å². The van der Waals surface area contributed by atoms with E-state index in [0.29, 0.717) is 6.54 Å². The van der Waals surface area contributed by atoms with Crippen molar-refractivity contribution in [2.45, 2.75) is 25.8 Å². The minimum atomic E-state index is -0.351. The van der Waals surface area contributed by atoms with Gasteiger partial charge in [0.25, 0.3) is 0 Å². The second-order valence-corrected chi connectivity index (χ2v) is 3.78. The van der Waals surface area contributed by atoms with Gasteiger partial charge in [-0.15, -0.1) is 0 Å². The molecule has 0 aromatic heterocycles. The first-order valence-electron chi connectivity index (χ1n) is 5.15. The van der Waals surface area contributed by atoms with Crippen LogP contribution in [-0.2, 0) is 19.4 Å². The van der Waals surface area contributed by atoms with E-state index in [1.165, 1.54) is 24.0 Å². The van der Waals surface area contributed by atoms with Crippen LogP contribution in [0.15, 0.2) is 18.2 Å². The molecule has 0 radical (unpaired) electrons. The molecule has 15 heavy (non-hydrogen) atoms. The molecule has 1 aromatic rings. The lowest BCUT2D eigenvalue weighted by molar-refractivity contribution is 0.241. The zero-order valence-corrected chi connectivity index (χ0v) is 8.55. The highest BCUT2D eigenvalue weighted by atomic mass is 16.2. The molecule has 0 heterocycles. The summed E-state index contributed by atoms with van der Waals surface area (Å²) in [5.74, 6) is 4.96. The van der Waals surface area contributed by atoms with Gasteiger partial charge in [-0.3, -0.25) is 5.43 Å². The minimum absolute atomic E-state index is 0.351. The average molecular weight is 205 g/mol. The van der Waals surface area contributed by atoms with Gasteiger partial charge >= 0.3 is 6.03 Å². The number of carbonyl (C=O) groups excluding carboxylic acids is 1. The van der Waals surface area contributed by atoms with E-state index in [0.717, 1.165) is 12.0 Å². The Kier molecular flexibility index (Phi) is 2.87. The maximum absolute atomic E-state index is 10.9. The summed E-state index contributed by atoms with van der Waals surface area (Å²) in [6.07, 6.45) is 3.59. The predicted molar refractivity (Wildman–Crippen MR) is 58.0 cm³/mol. The van der Waals surface area contributed by atoms with Gasteiger partial charge < -0.3 is 5.32 Å². The van der Waals surface area contributed by atoms with Gasteiger partial charge in [-0.2, -0.15) is 0 Å². The molecule has 0 unspecified atom stereocenters. The maximum atomic E-state index is 10.9. The number of amides is 2. The Morgan fingerprint density at radius 2 is 2.13 bits per heavy atom. The lowest BCUT2D eigenvalue weighted by Gasteiger charge is -2.06. The summed E-state index contributed by atoms with van der Waals surface area (Å²) in [6, 6.07) is 6.02. The van der Waals surface area contributed by atoms with Crippen molar-refractivity contribution < 1.29 is 4.79 Å². The van der Waals surface area contributed by atoms with Crippen LogP contribution in [0.2, 0.25) is 0 Å². The molecular weight excluding hydrogens is 190 g/mol. The van der Waals surface area contributed by atoms with Crippen molar-refractivity contribution in [3.05, 3.63) is 34.9 Å². The number of aryl methyl sites for hydroxylation is 2. The molecule has 0 aliphatic heterocycles. The maximum Gasteiger partial charge on any atom is 0.329 e. The lowest BCUT2D eigenvalue weighted by atomic mass is 10.1. The summed E-state index contributed by atoms with van der Waals surface area (Å²) in [4.78, 5) is 10.9. The van der Waals surface area contributed by atoms with E-state index in [-0.39, 0.29) is 6.03 Å². The molecule has 1 aromatic carbocycles. The van der Waals surface area contributed by atoms with Gasteiger partial charge in [0.15, 0.2) is 0 Å². The SMILES string of the molecule is NNC(=O)NCc1ccc2c(c1)CCC2. The van der Waals surface area contributed by atoms with Gasteiger partial charge in [0.1, 0.15) is 0 Å². The van der Waals surface area contributed by atoms with E-state index in [1.54, 1.807) is 0 Å². The van der Waals surface area contributed by atoms with Crippen LogP contribution in [0.5, 0.6) is 0 Å². The van der Waals surface area contributed by atoms with Crippen LogP contribution < -0.4 is 16.6 Å². The molecule has 0 fully saturated rings. The van der Waals surface area contributed by atoms with Crippen molar-refractivity contribution in [3.8, 4) is 0 Å². The van der Waals surface area contributed by atoms with Crippen molar-refractivity contribution in [1.82, 2.24) is 10.7 Å². The van der Waals surface area contributed by atoms with Crippen LogP contribution in [0.25, 0.3) is 0 Å². The molecule has 80 valence electrons. The quantitative estimate of drug-likeness (QED) is 0.380. The number of benzene rings is 1. The topological polar surface area (TPSA) is 67.1 Å². The second-order valence-electron chi connectivity index (χ2n) is 3.78. The van der Waals surface area contributed by atoms with Gasteiger partial charge in [0.05, 0.1) is 0 Å². The molecule has 1 aliphatic carbocycles. The summed E-state index contributed by atoms with van der Waals surface area (Å²) < 4.78 is 0. The van der Waals surface area contributed by atoms with Crippen molar-refractivity contribution in [2.24, 2.45) is 5.84 Å². The van der Waals surface area contributed by atoms with Gasteiger partial charge in [-0.25, -0.2) is 10.6 Å². The number of nitrogens with two attached hydrogens (primary N) is 1. The fourth-order valence-corrected chi connectivity index (χ4v) is 1.97. The molecule has 2 amide bonds. The molecule has 0 saturated carbocycles. The summed E-state index contributed by atoms with van der Waals surface area (Å²) in [6.45, 7) is 0.524. The smallest absolute Gasteiger partial charge is 0.329 e. The number of nitrogens with one attached hydrogen (secondary N) is 2. The Morgan fingerprint density at radius 1 is 1.33 bits per heavy atom. The van der Waals surface area contributed by atoms with Crippen LogP contribution in [-0.4, -0.2) is 6.03 Å². The molecule has 0 spiro atoms. The number of hydrogen-bond donors (Lipinski definition) is 3. The van der Waals surface area contributed by atoms with E-state index < -0.39 is 0 Å². The van der Waals surface area contributed by atoms with Crippen LogP contribution in [0.3, 0.4) is 0 Å². The van der Waals surface area contributed by atoms with E-state index in [4.69, 9.17) is 5.84 Å². The zero-order valence-electron chi connectivity index (χ0n) is 8.55. The highest BCUT2D eigenvalue weighted by Crippen LogP contribution is 2.22. The summed E-state index contributed by atoms with van der Waals surface area (Å²) in [5, 5.41) is 2.66. The van der Waals surface area contributed by atoms with E-state index in [1.807, 2.05) is 5.43 Å². The van der Waals surface area contributed by atoms with Gasteiger partial charge in [-0.05, 0) is 36.0 Å². The standard InChI is InChI=1S/C11H15N3O/c12-14-11(15)13-7-8-4-5-9-2-1-3-10(9)6-8/h4-6H,1-3,7,12H2,(H2,13,14,15). The molecule has 2 rings (SSSR count). The number of carbonyl (C=O) groups is 1. The summed E-state index contributed by atoms with van der Waals surface area (Å²) in [7, 11) is 0. The highest BCUT2D eigenvalue weighted by molar-refractivity contribution is 5.73. The first-order chi connectivity index (χ1) is 7.29. The predicted octanol–water partition coefficient (Wildman–Crippen LogP) is 0.848. The number of rotatable bonds is 2.